The predicted molar refractivity (Wildman–Crippen MR) is 83.8 cm³/mol. The highest BCUT2D eigenvalue weighted by Crippen LogP contribution is 2.34. The summed E-state index contributed by atoms with van der Waals surface area (Å²) in [7, 11) is 0. The van der Waals surface area contributed by atoms with Crippen LogP contribution >= 0.6 is 11.3 Å². The van der Waals surface area contributed by atoms with Gasteiger partial charge in [-0.1, -0.05) is 11.3 Å². The molecule has 1 heterocycles. The van der Waals surface area contributed by atoms with Crippen LogP contribution in [0.4, 0.5) is 31.5 Å². The molecule has 1 aromatic heterocycles. The second-order valence-corrected chi connectivity index (χ2v) is 5.96. The molecular weight excluding hydrogens is 416 g/mol. The summed E-state index contributed by atoms with van der Waals surface area (Å²) in [5.41, 5.74) is -0.961. The lowest BCUT2D eigenvalue weighted by atomic mass is 9.98. The van der Waals surface area contributed by atoms with Crippen LogP contribution in [-0.2, 0) is 15.7 Å². The average molecular weight is 425 g/mol. The minimum Gasteiger partial charge on any atom is -0.465 e. The van der Waals surface area contributed by atoms with Crippen LogP contribution in [-0.4, -0.2) is 34.8 Å². The molecule has 0 amide bonds. The SMILES string of the molecule is CCOC(=O)C(C=Nc1nnc(C(F)(F)F)s1)C(=O)c1cc(F)c(F)cc1F. The van der Waals surface area contributed by atoms with E-state index in [1.54, 1.807) is 0 Å². The minimum absolute atomic E-state index is 0.0297. The normalized spacial score (nSPS) is 13.0. The number of ketones is 1. The number of nitrogens with zero attached hydrogens (tertiary/aromatic N) is 3. The molecule has 0 bridgehead atoms. The molecule has 0 N–H and O–H groups in total. The van der Waals surface area contributed by atoms with Gasteiger partial charge in [0.25, 0.3) is 0 Å². The highest BCUT2D eigenvalue weighted by molar-refractivity contribution is 7.15. The lowest BCUT2D eigenvalue weighted by Gasteiger charge is -2.11. The minimum atomic E-state index is -4.77. The first-order valence-electron chi connectivity index (χ1n) is 7.34. The Kier molecular flexibility index (Phi) is 6.48. The first-order chi connectivity index (χ1) is 13.0. The second-order valence-electron chi connectivity index (χ2n) is 5.01. The molecule has 13 heteroatoms. The number of hydrogen-bond acceptors (Lipinski definition) is 7. The van der Waals surface area contributed by atoms with Gasteiger partial charge in [0.2, 0.25) is 10.1 Å². The summed E-state index contributed by atoms with van der Waals surface area (Å²) >= 11 is 0.0297. The largest absolute Gasteiger partial charge is 0.465 e. The standard InChI is InChI=1S/C15H9F6N3O3S/c1-2-27-12(26)7(5-22-14-24-23-13(28-14)15(19,20)21)11(25)6-3-9(17)10(18)4-8(6)16/h3-5,7H,2H2,1H3. The van der Waals surface area contributed by atoms with E-state index in [0.717, 1.165) is 0 Å². The van der Waals surface area contributed by atoms with Crippen molar-refractivity contribution in [2.75, 3.05) is 6.61 Å². The summed E-state index contributed by atoms with van der Waals surface area (Å²) in [6, 6.07) is 0.363. The average Bonchev–Trinajstić information content (AvgIpc) is 3.07. The number of benzene rings is 1. The number of esters is 1. The van der Waals surface area contributed by atoms with Crippen molar-refractivity contribution >= 4 is 34.4 Å². The smallest absolute Gasteiger partial charge is 0.445 e. The van der Waals surface area contributed by atoms with E-state index in [1.165, 1.54) is 6.92 Å². The van der Waals surface area contributed by atoms with Crippen molar-refractivity contribution in [3.05, 3.63) is 40.2 Å². The Morgan fingerprint density at radius 2 is 1.82 bits per heavy atom. The van der Waals surface area contributed by atoms with Gasteiger partial charge in [-0.25, -0.2) is 18.2 Å². The molecule has 2 rings (SSSR count). The second kappa shape index (κ2) is 8.46. The van der Waals surface area contributed by atoms with Crippen LogP contribution in [0.2, 0.25) is 0 Å². The third-order valence-corrected chi connectivity index (χ3v) is 3.97. The van der Waals surface area contributed by atoms with Crippen LogP contribution in [0.15, 0.2) is 17.1 Å². The third-order valence-electron chi connectivity index (χ3n) is 3.09. The van der Waals surface area contributed by atoms with Crippen LogP contribution < -0.4 is 0 Å². The molecule has 0 aliphatic heterocycles. The van der Waals surface area contributed by atoms with Gasteiger partial charge in [-0.05, 0) is 13.0 Å². The van der Waals surface area contributed by atoms with E-state index in [4.69, 9.17) is 0 Å². The third kappa shape index (κ3) is 4.91. The molecule has 1 atom stereocenters. The Balaban J connectivity index is 2.37. The van der Waals surface area contributed by atoms with Crippen molar-refractivity contribution in [2.24, 2.45) is 10.9 Å². The first-order valence-corrected chi connectivity index (χ1v) is 8.16. The van der Waals surface area contributed by atoms with Gasteiger partial charge in [0.1, 0.15) is 5.82 Å². The molecule has 0 saturated heterocycles. The fourth-order valence-electron chi connectivity index (χ4n) is 1.87. The fraction of sp³-hybridized carbons (Fsp3) is 0.267. The van der Waals surface area contributed by atoms with Gasteiger partial charge in [-0.2, -0.15) is 13.2 Å². The van der Waals surface area contributed by atoms with Crippen LogP contribution in [0.5, 0.6) is 0 Å². The van der Waals surface area contributed by atoms with Gasteiger partial charge in [0.15, 0.2) is 23.3 Å². The Bertz CT molecular complexity index is 928. The molecule has 1 unspecified atom stereocenters. The number of carbonyl (C=O) groups excluding carboxylic acids is 2. The fourth-order valence-corrected chi connectivity index (χ4v) is 2.43. The van der Waals surface area contributed by atoms with Gasteiger partial charge >= 0.3 is 12.1 Å². The number of halogens is 6. The van der Waals surface area contributed by atoms with Crippen molar-refractivity contribution in [3.63, 3.8) is 0 Å². The summed E-state index contributed by atoms with van der Waals surface area (Å²) in [6.07, 6.45) is -4.20. The zero-order valence-electron chi connectivity index (χ0n) is 13.8. The zero-order chi connectivity index (χ0) is 21.1. The number of Topliss-reactive ketones (excluding diaryl/α,β-unsaturated/α-hetero) is 1. The molecule has 1 aromatic carbocycles. The highest BCUT2D eigenvalue weighted by Gasteiger charge is 2.36. The molecule has 2 aromatic rings. The van der Waals surface area contributed by atoms with E-state index in [9.17, 15) is 35.9 Å². The van der Waals surface area contributed by atoms with E-state index in [-0.39, 0.29) is 30.1 Å². The summed E-state index contributed by atoms with van der Waals surface area (Å²) < 4.78 is 82.3. The summed E-state index contributed by atoms with van der Waals surface area (Å²) in [6.45, 7) is 1.21. The first kappa shape index (κ1) is 21.5. The number of carbonyl (C=O) groups is 2. The van der Waals surface area contributed by atoms with Crippen molar-refractivity contribution in [1.29, 1.82) is 0 Å². The maximum atomic E-state index is 13.8. The van der Waals surface area contributed by atoms with Crippen molar-refractivity contribution in [1.82, 2.24) is 10.2 Å². The van der Waals surface area contributed by atoms with Gasteiger partial charge in [0.05, 0.1) is 12.2 Å². The number of hydrogen-bond donors (Lipinski definition) is 0. The summed E-state index contributed by atoms with van der Waals surface area (Å²) in [5, 5.41) is 4.15. The van der Waals surface area contributed by atoms with E-state index in [0.29, 0.717) is 6.21 Å². The molecule has 150 valence electrons. The predicted octanol–water partition coefficient (Wildman–Crippen LogP) is 3.74. The van der Waals surface area contributed by atoms with Gasteiger partial charge < -0.3 is 4.74 Å². The van der Waals surface area contributed by atoms with Crippen molar-refractivity contribution in [3.8, 4) is 0 Å². The number of alkyl halides is 3. The Morgan fingerprint density at radius 3 is 2.39 bits per heavy atom. The summed E-state index contributed by atoms with van der Waals surface area (Å²) in [4.78, 5) is 27.8. The van der Waals surface area contributed by atoms with Gasteiger partial charge in [0, 0.05) is 12.3 Å². The van der Waals surface area contributed by atoms with E-state index >= 15 is 0 Å². The van der Waals surface area contributed by atoms with Crippen molar-refractivity contribution in [2.45, 2.75) is 13.1 Å². The zero-order valence-corrected chi connectivity index (χ0v) is 14.6. The van der Waals surface area contributed by atoms with Gasteiger partial charge in [-0.15, -0.1) is 10.2 Å². The summed E-state index contributed by atoms with van der Waals surface area (Å²) in [5.74, 6) is -9.02. The number of ether oxygens (including phenoxy) is 1. The topological polar surface area (TPSA) is 81.5 Å². The maximum absolute atomic E-state index is 13.8. The maximum Gasteiger partial charge on any atom is 0.445 e. The molecule has 0 saturated carbocycles. The van der Waals surface area contributed by atoms with Crippen LogP contribution in [0, 0.1) is 23.4 Å². The Morgan fingerprint density at radius 1 is 1.18 bits per heavy atom. The molecule has 0 fully saturated rings. The molecular formula is C15H9F6N3O3S. The quantitative estimate of drug-likeness (QED) is 0.176. The number of aliphatic imine (C=N–C) groups is 1. The van der Waals surface area contributed by atoms with Crippen molar-refractivity contribution < 1.29 is 40.7 Å². The Hall–Kier alpha value is -2.83. The van der Waals surface area contributed by atoms with E-state index in [1.807, 2.05) is 0 Å². The van der Waals surface area contributed by atoms with Crippen LogP contribution in [0.1, 0.15) is 22.3 Å². The lowest BCUT2D eigenvalue weighted by Crippen LogP contribution is -2.28. The lowest BCUT2D eigenvalue weighted by molar-refractivity contribution is -0.144. The monoisotopic (exact) mass is 425 g/mol. The molecule has 6 nitrogen and oxygen atoms in total. The number of aromatic nitrogens is 2. The van der Waals surface area contributed by atoms with Crippen LogP contribution in [0.3, 0.4) is 0 Å². The molecule has 0 spiro atoms. The van der Waals surface area contributed by atoms with E-state index in [2.05, 4.69) is 19.9 Å². The highest BCUT2D eigenvalue weighted by atomic mass is 32.1. The van der Waals surface area contributed by atoms with Crippen LogP contribution in [0.25, 0.3) is 0 Å². The molecule has 0 aliphatic rings. The molecule has 0 radical (unpaired) electrons. The Labute approximate surface area is 156 Å². The molecule has 0 aliphatic carbocycles. The number of rotatable bonds is 6. The van der Waals surface area contributed by atoms with Gasteiger partial charge in [-0.3, -0.25) is 9.59 Å². The molecule has 28 heavy (non-hydrogen) atoms. The van der Waals surface area contributed by atoms with E-state index < -0.39 is 57.0 Å².